The summed E-state index contributed by atoms with van der Waals surface area (Å²) >= 11 is 7.15. The van der Waals surface area contributed by atoms with Crippen LogP contribution in [0.2, 0.25) is 5.02 Å². The summed E-state index contributed by atoms with van der Waals surface area (Å²) in [5.41, 5.74) is 1.18. The van der Waals surface area contributed by atoms with Crippen molar-refractivity contribution < 1.29 is 14.3 Å². The molecule has 1 atom stereocenters. The Bertz CT molecular complexity index is 1160. The molecule has 0 unspecified atom stereocenters. The van der Waals surface area contributed by atoms with Crippen molar-refractivity contribution in [2.75, 3.05) is 18.2 Å². The fraction of sp³-hybridized carbons (Fsp3) is 0.280. The number of thioether (sulfide) groups is 1. The van der Waals surface area contributed by atoms with E-state index in [1.807, 2.05) is 18.4 Å². The molecule has 0 bridgehead atoms. The van der Waals surface area contributed by atoms with Gasteiger partial charge in [0, 0.05) is 22.8 Å². The number of carbonyl (C=O) groups is 2. The molecule has 35 heavy (non-hydrogen) atoms. The lowest BCUT2D eigenvalue weighted by molar-refractivity contribution is -0.113. The molecule has 3 aromatic rings. The maximum atomic E-state index is 12.9. The molecule has 0 aliphatic rings. The van der Waals surface area contributed by atoms with Crippen LogP contribution in [-0.4, -0.2) is 39.4 Å². The summed E-state index contributed by atoms with van der Waals surface area (Å²) in [5, 5.41) is 15.7. The lowest BCUT2D eigenvalue weighted by Crippen LogP contribution is -2.33. The van der Waals surface area contributed by atoms with Crippen molar-refractivity contribution in [3.63, 3.8) is 0 Å². The molecule has 0 aliphatic carbocycles. The topological polar surface area (TPSA) is 98.1 Å². The van der Waals surface area contributed by atoms with Crippen LogP contribution in [0, 0.1) is 5.92 Å². The van der Waals surface area contributed by atoms with Crippen molar-refractivity contribution in [1.82, 2.24) is 20.1 Å². The van der Waals surface area contributed by atoms with Crippen molar-refractivity contribution in [3.05, 3.63) is 77.6 Å². The average Bonchev–Trinajstić information content (AvgIpc) is 3.24. The van der Waals surface area contributed by atoms with E-state index < -0.39 is 6.04 Å². The van der Waals surface area contributed by atoms with Crippen LogP contribution in [0.25, 0.3) is 0 Å². The third-order valence-electron chi connectivity index (χ3n) is 5.10. The van der Waals surface area contributed by atoms with Crippen molar-refractivity contribution in [1.29, 1.82) is 0 Å². The van der Waals surface area contributed by atoms with Crippen LogP contribution in [-0.2, 0) is 11.3 Å². The van der Waals surface area contributed by atoms with Gasteiger partial charge in [0.2, 0.25) is 5.91 Å². The molecule has 1 heterocycles. The minimum Gasteiger partial charge on any atom is -0.497 e. The number of rotatable bonds is 11. The van der Waals surface area contributed by atoms with Gasteiger partial charge in [0.15, 0.2) is 11.0 Å². The van der Waals surface area contributed by atoms with Crippen LogP contribution in [0.5, 0.6) is 5.75 Å². The number of nitrogens with one attached hydrogen (secondary N) is 2. The van der Waals surface area contributed by atoms with Gasteiger partial charge >= 0.3 is 0 Å². The summed E-state index contributed by atoms with van der Waals surface area (Å²) in [4.78, 5) is 25.4. The van der Waals surface area contributed by atoms with E-state index in [0.717, 1.165) is 0 Å². The highest BCUT2D eigenvalue weighted by Crippen LogP contribution is 2.26. The van der Waals surface area contributed by atoms with Crippen LogP contribution in [0.4, 0.5) is 5.69 Å². The Morgan fingerprint density at radius 2 is 1.83 bits per heavy atom. The van der Waals surface area contributed by atoms with Gasteiger partial charge in [0.1, 0.15) is 5.75 Å². The van der Waals surface area contributed by atoms with Gasteiger partial charge in [-0.15, -0.1) is 16.8 Å². The SMILES string of the molecule is C=CCn1c(SCC(=O)Nc2ccc(Cl)cc2)nnc1[C@@H](NC(=O)c1ccc(OC)cc1)C(C)C. The van der Waals surface area contributed by atoms with Gasteiger partial charge < -0.3 is 19.9 Å². The Balaban J connectivity index is 1.73. The number of hydrogen-bond donors (Lipinski definition) is 2. The largest absolute Gasteiger partial charge is 0.497 e. The number of carbonyl (C=O) groups excluding carboxylic acids is 2. The van der Waals surface area contributed by atoms with E-state index >= 15 is 0 Å². The van der Waals surface area contributed by atoms with Gasteiger partial charge in [0.05, 0.1) is 18.9 Å². The Morgan fingerprint density at radius 1 is 1.14 bits per heavy atom. The first-order valence-corrected chi connectivity index (χ1v) is 12.4. The number of allylic oxidation sites excluding steroid dienone is 1. The minimum absolute atomic E-state index is 0.0380. The number of amides is 2. The van der Waals surface area contributed by atoms with Crippen molar-refractivity contribution in [2.45, 2.75) is 31.6 Å². The third kappa shape index (κ3) is 7.10. The molecule has 184 valence electrons. The molecule has 2 N–H and O–H groups in total. The van der Waals surface area contributed by atoms with E-state index in [9.17, 15) is 9.59 Å². The highest BCUT2D eigenvalue weighted by atomic mass is 35.5. The van der Waals surface area contributed by atoms with Crippen LogP contribution in [0.3, 0.4) is 0 Å². The lowest BCUT2D eigenvalue weighted by Gasteiger charge is -2.22. The monoisotopic (exact) mass is 513 g/mol. The van der Waals surface area contributed by atoms with E-state index in [-0.39, 0.29) is 23.5 Å². The van der Waals surface area contributed by atoms with Crippen molar-refractivity contribution >= 4 is 40.9 Å². The molecule has 0 radical (unpaired) electrons. The number of aromatic nitrogens is 3. The molecule has 3 rings (SSSR count). The van der Waals surface area contributed by atoms with E-state index in [1.54, 1.807) is 61.7 Å². The Kier molecular flexibility index (Phi) is 9.33. The zero-order chi connectivity index (χ0) is 25.4. The predicted molar refractivity (Wildman–Crippen MR) is 139 cm³/mol. The van der Waals surface area contributed by atoms with E-state index in [4.69, 9.17) is 16.3 Å². The van der Waals surface area contributed by atoms with E-state index in [2.05, 4.69) is 27.4 Å². The molecule has 8 nitrogen and oxygen atoms in total. The molecule has 1 aromatic heterocycles. The number of halogens is 1. The Labute approximate surface area is 214 Å². The van der Waals surface area contributed by atoms with Crippen molar-refractivity contribution in [2.24, 2.45) is 5.92 Å². The summed E-state index contributed by atoms with van der Waals surface area (Å²) < 4.78 is 7.03. The first kappa shape index (κ1) is 26.3. The maximum absolute atomic E-state index is 12.9. The van der Waals surface area contributed by atoms with Crippen molar-refractivity contribution in [3.8, 4) is 5.75 Å². The number of ether oxygens (including phenoxy) is 1. The smallest absolute Gasteiger partial charge is 0.251 e. The van der Waals surface area contributed by atoms with E-state index in [0.29, 0.717) is 39.5 Å². The fourth-order valence-electron chi connectivity index (χ4n) is 3.29. The number of hydrogen-bond acceptors (Lipinski definition) is 6. The second-order valence-corrected chi connectivity index (χ2v) is 9.39. The molecule has 0 saturated heterocycles. The van der Waals surface area contributed by atoms with Crippen LogP contribution in [0.15, 0.2) is 66.3 Å². The minimum atomic E-state index is -0.394. The zero-order valence-electron chi connectivity index (χ0n) is 19.8. The van der Waals surface area contributed by atoms with E-state index in [1.165, 1.54) is 11.8 Å². The zero-order valence-corrected chi connectivity index (χ0v) is 21.4. The average molecular weight is 514 g/mol. The molecule has 0 spiro atoms. The van der Waals surface area contributed by atoms with Gasteiger partial charge in [-0.2, -0.15) is 0 Å². The fourth-order valence-corrected chi connectivity index (χ4v) is 4.18. The summed E-state index contributed by atoms with van der Waals surface area (Å²) in [5.74, 6) is 1.05. The van der Waals surface area contributed by atoms with Gasteiger partial charge in [-0.05, 0) is 54.4 Å². The number of nitrogens with zero attached hydrogens (tertiary/aromatic N) is 3. The summed E-state index contributed by atoms with van der Waals surface area (Å²) in [6.07, 6.45) is 1.73. The lowest BCUT2D eigenvalue weighted by atomic mass is 10.0. The number of benzene rings is 2. The highest BCUT2D eigenvalue weighted by Gasteiger charge is 2.26. The second kappa shape index (κ2) is 12.4. The third-order valence-corrected chi connectivity index (χ3v) is 6.32. The normalized spacial score (nSPS) is 11.7. The summed E-state index contributed by atoms with van der Waals surface area (Å²) in [6.45, 7) is 8.26. The van der Waals surface area contributed by atoms with Gasteiger partial charge in [-0.1, -0.05) is 43.3 Å². The first-order valence-electron chi connectivity index (χ1n) is 11.0. The molecule has 0 saturated carbocycles. The number of methoxy groups -OCH3 is 1. The Hall–Kier alpha value is -3.30. The maximum Gasteiger partial charge on any atom is 0.251 e. The van der Waals surface area contributed by atoms with Crippen LogP contribution >= 0.6 is 23.4 Å². The van der Waals surface area contributed by atoms with Crippen LogP contribution < -0.4 is 15.4 Å². The molecular weight excluding hydrogens is 486 g/mol. The van der Waals surface area contributed by atoms with Gasteiger partial charge in [-0.25, -0.2) is 0 Å². The summed E-state index contributed by atoms with van der Waals surface area (Å²) in [7, 11) is 1.58. The second-order valence-electron chi connectivity index (χ2n) is 8.01. The number of anilines is 1. The van der Waals surface area contributed by atoms with Crippen LogP contribution in [0.1, 0.15) is 36.1 Å². The standard InChI is InChI=1S/C25H28ClN5O3S/c1-5-14-31-23(22(16(2)3)28-24(33)17-6-12-20(34-4)13-7-17)29-30-25(31)35-15-21(32)27-19-10-8-18(26)9-11-19/h5-13,16,22H,1,14-15H2,2-4H3,(H,27,32)(H,28,33)/t22-/m0/s1. The molecule has 0 aliphatic heterocycles. The highest BCUT2D eigenvalue weighted by molar-refractivity contribution is 7.99. The van der Waals surface area contributed by atoms with Gasteiger partial charge in [0.25, 0.3) is 5.91 Å². The first-order chi connectivity index (χ1) is 16.8. The molecule has 2 amide bonds. The molecule has 0 fully saturated rings. The van der Waals surface area contributed by atoms with Gasteiger partial charge in [-0.3, -0.25) is 9.59 Å². The Morgan fingerprint density at radius 3 is 2.43 bits per heavy atom. The molecular formula is C25H28ClN5O3S. The molecule has 10 heteroatoms. The summed E-state index contributed by atoms with van der Waals surface area (Å²) in [6, 6.07) is 13.4. The predicted octanol–water partition coefficient (Wildman–Crippen LogP) is 4.98. The quantitative estimate of drug-likeness (QED) is 0.277. The molecule has 2 aromatic carbocycles.